The molecular formula is C16H23N7O2. The Morgan fingerprint density at radius 3 is 2.92 bits per heavy atom. The van der Waals surface area contributed by atoms with Gasteiger partial charge in [-0.3, -0.25) is 4.90 Å². The van der Waals surface area contributed by atoms with Gasteiger partial charge >= 0.3 is 6.03 Å². The molecular weight excluding hydrogens is 322 g/mol. The molecule has 0 radical (unpaired) electrons. The van der Waals surface area contributed by atoms with E-state index >= 15 is 0 Å². The van der Waals surface area contributed by atoms with Crippen molar-refractivity contribution in [1.82, 2.24) is 30.4 Å². The molecule has 25 heavy (non-hydrogen) atoms. The molecule has 0 saturated carbocycles. The number of ether oxygens (including phenoxy) is 1. The molecule has 1 aromatic carbocycles. The molecule has 1 aliphatic rings. The lowest BCUT2D eigenvalue weighted by molar-refractivity contribution is 0.0375. The number of amides is 2. The summed E-state index contributed by atoms with van der Waals surface area (Å²) >= 11 is 0. The maximum atomic E-state index is 12.0. The Morgan fingerprint density at radius 1 is 1.32 bits per heavy atom. The zero-order chi connectivity index (χ0) is 17.5. The Labute approximate surface area is 146 Å². The maximum Gasteiger partial charge on any atom is 0.319 e. The Kier molecular flexibility index (Phi) is 5.91. The number of aryl methyl sites for hydroxylation is 1. The SMILES string of the molecule is Cc1ccc(NC(=O)NCCCN2CCOCC2)cc1-n1cnnn1. The van der Waals surface area contributed by atoms with Crippen LogP contribution in [0.2, 0.25) is 0 Å². The highest BCUT2D eigenvalue weighted by Crippen LogP contribution is 2.18. The maximum absolute atomic E-state index is 12.0. The van der Waals surface area contributed by atoms with E-state index in [-0.39, 0.29) is 6.03 Å². The highest BCUT2D eigenvalue weighted by molar-refractivity contribution is 5.89. The topological polar surface area (TPSA) is 97.2 Å². The summed E-state index contributed by atoms with van der Waals surface area (Å²) in [7, 11) is 0. The van der Waals surface area contributed by atoms with Gasteiger partial charge in [-0.25, -0.2) is 9.48 Å². The molecule has 2 heterocycles. The molecule has 1 fully saturated rings. The van der Waals surface area contributed by atoms with E-state index in [4.69, 9.17) is 4.74 Å². The predicted octanol–water partition coefficient (Wildman–Crippen LogP) is 0.815. The van der Waals surface area contributed by atoms with Crippen molar-refractivity contribution in [3.05, 3.63) is 30.1 Å². The quantitative estimate of drug-likeness (QED) is 0.752. The van der Waals surface area contributed by atoms with Crippen LogP contribution < -0.4 is 10.6 Å². The van der Waals surface area contributed by atoms with Gasteiger partial charge in [0.25, 0.3) is 0 Å². The normalized spacial score (nSPS) is 15.1. The third-order valence-electron chi connectivity index (χ3n) is 4.10. The summed E-state index contributed by atoms with van der Waals surface area (Å²) in [4.78, 5) is 14.4. The van der Waals surface area contributed by atoms with Gasteiger partial charge in [0.05, 0.1) is 18.9 Å². The molecule has 2 N–H and O–H groups in total. The Morgan fingerprint density at radius 2 is 2.16 bits per heavy atom. The van der Waals surface area contributed by atoms with Crippen LogP contribution in [-0.2, 0) is 4.74 Å². The second-order valence-electron chi connectivity index (χ2n) is 5.94. The van der Waals surface area contributed by atoms with E-state index in [0.29, 0.717) is 12.2 Å². The molecule has 9 nitrogen and oxygen atoms in total. The fraction of sp³-hybridized carbons (Fsp3) is 0.500. The first-order chi connectivity index (χ1) is 12.2. The van der Waals surface area contributed by atoms with E-state index in [1.54, 1.807) is 4.68 Å². The van der Waals surface area contributed by atoms with E-state index < -0.39 is 0 Å². The first-order valence-electron chi connectivity index (χ1n) is 8.41. The van der Waals surface area contributed by atoms with Crippen LogP contribution in [0.3, 0.4) is 0 Å². The summed E-state index contributed by atoms with van der Waals surface area (Å²) in [5, 5.41) is 16.9. The van der Waals surface area contributed by atoms with Crippen LogP contribution in [0.5, 0.6) is 0 Å². The molecule has 0 spiro atoms. The number of anilines is 1. The first kappa shape index (κ1) is 17.3. The van der Waals surface area contributed by atoms with Crippen LogP contribution in [-0.4, -0.2) is 70.5 Å². The van der Waals surface area contributed by atoms with E-state index in [0.717, 1.165) is 50.5 Å². The van der Waals surface area contributed by atoms with E-state index in [1.807, 2.05) is 25.1 Å². The number of aromatic nitrogens is 4. The van der Waals surface area contributed by atoms with Gasteiger partial charge < -0.3 is 15.4 Å². The zero-order valence-electron chi connectivity index (χ0n) is 14.3. The van der Waals surface area contributed by atoms with Gasteiger partial charge in [-0.2, -0.15) is 0 Å². The zero-order valence-corrected chi connectivity index (χ0v) is 14.3. The molecule has 0 aliphatic carbocycles. The van der Waals surface area contributed by atoms with Gasteiger partial charge in [0.15, 0.2) is 0 Å². The van der Waals surface area contributed by atoms with Crippen LogP contribution in [0.1, 0.15) is 12.0 Å². The van der Waals surface area contributed by atoms with Crippen molar-refractivity contribution in [3.8, 4) is 5.69 Å². The van der Waals surface area contributed by atoms with Gasteiger partial charge in [-0.15, -0.1) is 5.10 Å². The molecule has 9 heteroatoms. The van der Waals surface area contributed by atoms with Gasteiger partial charge in [-0.05, 0) is 48.0 Å². The minimum Gasteiger partial charge on any atom is -0.379 e. The van der Waals surface area contributed by atoms with E-state index in [2.05, 4.69) is 31.1 Å². The van der Waals surface area contributed by atoms with Crippen molar-refractivity contribution in [1.29, 1.82) is 0 Å². The van der Waals surface area contributed by atoms with Crippen LogP contribution in [0.25, 0.3) is 5.69 Å². The standard InChI is InChI=1S/C16H23N7O2/c1-13-3-4-14(11-15(13)23-12-18-20-21-23)19-16(24)17-5-2-6-22-7-9-25-10-8-22/h3-4,11-12H,2,5-10H2,1H3,(H2,17,19,24). The number of rotatable bonds is 6. The molecule has 2 aromatic rings. The lowest BCUT2D eigenvalue weighted by Crippen LogP contribution is -2.38. The molecule has 134 valence electrons. The number of benzene rings is 1. The Balaban J connectivity index is 1.45. The number of morpholine rings is 1. The fourth-order valence-electron chi connectivity index (χ4n) is 2.71. The van der Waals surface area contributed by atoms with E-state index in [1.165, 1.54) is 6.33 Å². The average molecular weight is 345 g/mol. The molecule has 0 bridgehead atoms. The van der Waals surface area contributed by atoms with Crippen LogP contribution >= 0.6 is 0 Å². The second kappa shape index (κ2) is 8.54. The predicted molar refractivity (Wildman–Crippen MR) is 92.8 cm³/mol. The average Bonchev–Trinajstić information content (AvgIpc) is 3.16. The van der Waals surface area contributed by atoms with Gasteiger partial charge in [0.2, 0.25) is 0 Å². The summed E-state index contributed by atoms with van der Waals surface area (Å²) in [5.41, 5.74) is 2.54. The van der Waals surface area contributed by atoms with Crippen LogP contribution in [0, 0.1) is 6.92 Å². The fourth-order valence-corrected chi connectivity index (χ4v) is 2.71. The van der Waals surface area contributed by atoms with Crippen molar-refractivity contribution in [2.24, 2.45) is 0 Å². The number of nitrogens with one attached hydrogen (secondary N) is 2. The van der Waals surface area contributed by atoms with Crippen molar-refractivity contribution >= 4 is 11.7 Å². The molecule has 0 atom stereocenters. The molecule has 1 aromatic heterocycles. The number of urea groups is 1. The van der Waals surface area contributed by atoms with Crippen molar-refractivity contribution in [2.75, 3.05) is 44.7 Å². The second-order valence-corrected chi connectivity index (χ2v) is 5.94. The summed E-state index contributed by atoms with van der Waals surface area (Å²) in [6.07, 6.45) is 2.44. The highest BCUT2D eigenvalue weighted by Gasteiger charge is 2.10. The summed E-state index contributed by atoms with van der Waals surface area (Å²) in [6.45, 7) is 7.10. The third-order valence-corrected chi connectivity index (χ3v) is 4.10. The summed E-state index contributed by atoms with van der Waals surface area (Å²) in [5.74, 6) is 0. The first-order valence-corrected chi connectivity index (χ1v) is 8.41. The number of carbonyl (C=O) groups is 1. The summed E-state index contributed by atoms with van der Waals surface area (Å²) < 4.78 is 6.89. The molecule has 0 unspecified atom stereocenters. The molecule has 1 saturated heterocycles. The van der Waals surface area contributed by atoms with Crippen molar-refractivity contribution in [3.63, 3.8) is 0 Å². The van der Waals surface area contributed by atoms with Crippen molar-refractivity contribution < 1.29 is 9.53 Å². The highest BCUT2D eigenvalue weighted by atomic mass is 16.5. The van der Waals surface area contributed by atoms with Gasteiger partial charge in [0, 0.05) is 25.3 Å². The van der Waals surface area contributed by atoms with Crippen LogP contribution in [0.15, 0.2) is 24.5 Å². The van der Waals surface area contributed by atoms with Gasteiger partial charge in [0.1, 0.15) is 6.33 Å². The molecule has 1 aliphatic heterocycles. The minimum absolute atomic E-state index is 0.214. The number of carbonyl (C=O) groups excluding carboxylic acids is 1. The lowest BCUT2D eigenvalue weighted by atomic mass is 10.2. The molecule has 2 amide bonds. The minimum atomic E-state index is -0.214. The number of nitrogens with zero attached hydrogens (tertiary/aromatic N) is 5. The Hall–Kier alpha value is -2.52. The number of hydrogen-bond donors (Lipinski definition) is 2. The monoisotopic (exact) mass is 345 g/mol. The molecule has 3 rings (SSSR count). The largest absolute Gasteiger partial charge is 0.379 e. The number of hydrogen-bond acceptors (Lipinski definition) is 6. The lowest BCUT2D eigenvalue weighted by Gasteiger charge is -2.26. The van der Waals surface area contributed by atoms with Gasteiger partial charge in [-0.1, -0.05) is 6.07 Å². The smallest absolute Gasteiger partial charge is 0.319 e. The summed E-state index contributed by atoms with van der Waals surface area (Å²) in [6, 6.07) is 5.41. The Bertz CT molecular complexity index is 684. The van der Waals surface area contributed by atoms with Crippen LogP contribution in [0.4, 0.5) is 10.5 Å². The number of tetrazole rings is 1. The van der Waals surface area contributed by atoms with Crippen molar-refractivity contribution in [2.45, 2.75) is 13.3 Å². The third kappa shape index (κ3) is 4.97. The van der Waals surface area contributed by atoms with E-state index in [9.17, 15) is 4.79 Å².